The molecule has 0 saturated heterocycles. The maximum Gasteiger partial charge on any atom is 0.340 e. The Morgan fingerprint density at radius 2 is 2.19 bits per heavy atom. The van der Waals surface area contributed by atoms with Gasteiger partial charge in [-0.2, -0.15) is 0 Å². The summed E-state index contributed by atoms with van der Waals surface area (Å²) in [6.07, 6.45) is -1.98. The molecule has 1 aromatic rings. The number of halogens is 2. The second kappa shape index (κ2) is 4.73. The maximum absolute atomic E-state index is 12.7. The number of carbonyl (C=O) groups excluding carboxylic acids is 1. The van der Waals surface area contributed by atoms with Gasteiger partial charge in [0.1, 0.15) is 5.82 Å². The van der Waals surface area contributed by atoms with E-state index in [9.17, 15) is 13.6 Å². The van der Waals surface area contributed by atoms with E-state index < -0.39 is 18.0 Å². The van der Waals surface area contributed by atoms with Crippen LogP contribution in [0.5, 0.6) is 0 Å². The van der Waals surface area contributed by atoms with Crippen LogP contribution in [-0.4, -0.2) is 17.6 Å². The van der Waals surface area contributed by atoms with Gasteiger partial charge in [-0.05, 0) is 6.92 Å². The van der Waals surface area contributed by atoms with Crippen LogP contribution >= 0.6 is 0 Å². The van der Waals surface area contributed by atoms with Gasteiger partial charge in [0.2, 0.25) is 0 Å². The zero-order chi connectivity index (χ0) is 12.3. The Hall–Kier alpha value is -1.92. The molecule has 0 aliphatic carbocycles. The molecule has 1 rings (SSSR count). The molecule has 0 radical (unpaired) electrons. The molecule has 0 aromatic carbocycles. The Morgan fingerprint density at radius 1 is 1.56 bits per heavy atom. The van der Waals surface area contributed by atoms with Crippen molar-refractivity contribution in [3.8, 4) is 0 Å². The number of nitrogens with zero attached hydrogens (tertiary/aromatic N) is 1. The first-order chi connectivity index (χ1) is 7.49. The number of ether oxygens (including phenoxy) is 1. The molecule has 4 N–H and O–H groups in total. The first-order valence-electron chi connectivity index (χ1n) is 4.48. The summed E-state index contributed by atoms with van der Waals surface area (Å²) in [6.45, 7) is 1.64. The van der Waals surface area contributed by atoms with E-state index in [0.717, 1.165) is 6.20 Å². The molecule has 0 spiro atoms. The van der Waals surface area contributed by atoms with Gasteiger partial charge in [0, 0.05) is 6.20 Å². The van der Waals surface area contributed by atoms with Crippen LogP contribution in [0.25, 0.3) is 0 Å². The minimum absolute atomic E-state index is 0.0752. The molecule has 0 aliphatic rings. The normalized spacial score (nSPS) is 10.5. The van der Waals surface area contributed by atoms with Crippen LogP contribution < -0.4 is 11.5 Å². The van der Waals surface area contributed by atoms with Gasteiger partial charge in [0.15, 0.2) is 0 Å². The van der Waals surface area contributed by atoms with Crippen LogP contribution in [0.2, 0.25) is 0 Å². The van der Waals surface area contributed by atoms with E-state index in [-0.39, 0.29) is 23.7 Å². The number of pyridine rings is 1. The van der Waals surface area contributed by atoms with E-state index in [1.54, 1.807) is 6.92 Å². The van der Waals surface area contributed by atoms with Gasteiger partial charge in [0.05, 0.1) is 23.4 Å². The monoisotopic (exact) mass is 231 g/mol. The second-order valence-electron chi connectivity index (χ2n) is 2.91. The highest BCUT2D eigenvalue weighted by molar-refractivity contribution is 5.93. The third-order valence-corrected chi connectivity index (χ3v) is 1.90. The third kappa shape index (κ3) is 2.18. The molecule has 88 valence electrons. The average molecular weight is 231 g/mol. The van der Waals surface area contributed by atoms with Crippen molar-refractivity contribution < 1.29 is 18.3 Å². The lowest BCUT2D eigenvalue weighted by molar-refractivity contribution is 0.0515. The summed E-state index contributed by atoms with van der Waals surface area (Å²) in [5, 5.41) is 0. The number of hydrogen-bond acceptors (Lipinski definition) is 5. The maximum atomic E-state index is 12.7. The van der Waals surface area contributed by atoms with Gasteiger partial charge in [-0.1, -0.05) is 0 Å². The van der Waals surface area contributed by atoms with Crippen molar-refractivity contribution in [2.45, 2.75) is 13.3 Å². The Labute approximate surface area is 90.4 Å². The zero-order valence-electron chi connectivity index (χ0n) is 8.54. The molecular formula is C9H11F2N3O2. The first kappa shape index (κ1) is 12.2. The fraction of sp³-hybridized carbons (Fsp3) is 0.333. The smallest absolute Gasteiger partial charge is 0.340 e. The number of aromatic nitrogens is 1. The minimum Gasteiger partial charge on any atom is -0.462 e. The number of rotatable bonds is 3. The highest BCUT2D eigenvalue weighted by Crippen LogP contribution is 2.31. The summed E-state index contributed by atoms with van der Waals surface area (Å²) >= 11 is 0. The topological polar surface area (TPSA) is 91.2 Å². The minimum atomic E-state index is -2.91. The van der Waals surface area contributed by atoms with Crippen LogP contribution in [0, 0.1) is 0 Å². The fourth-order valence-corrected chi connectivity index (χ4v) is 1.16. The number of nitrogen functional groups attached to an aromatic ring is 2. The van der Waals surface area contributed by atoms with E-state index in [1.165, 1.54) is 0 Å². The molecule has 7 heteroatoms. The van der Waals surface area contributed by atoms with E-state index in [1.807, 2.05) is 0 Å². The van der Waals surface area contributed by atoms with Gasteiger partial charge >= 0.3 is 5.97 Å². The van der Waals surface area contributed by atoms with Crippen LogP contribution in [0.1, 0.15) is 29.3 Å². The molecule has 1 heterocycles. The van der Waals surface area contributed by atoms with E-state index >= 15 is 0 Å². The second-order valence-corrected chi connectivity index (χ2v) is 2.91. The number of hydrogen-bond donors (Lipinski definition) is 2. The SMILES string of the molecule is CCOC(=O)c1cnc(N)c(N)c1C(F)F. The molecule has 0 unspecified atom stereocenters. The molecule has 0 amide bonds. The molecule has 0 atom stereocenters. The van der Waals surface area contributed by atoms with Crippen molar-refractivity contribution in [1.29, 1.82) is 0 Å². The Bertz CT molecular complexity index is 410. The standard InChI is InChI=1S/C9H11F2N3O2/c1-2-16-9(15)4-3-14-8(13)6(12)5(4)7(10)11/h3,7H,2,12H2,1H3,(H2,13,14). The lowest BCUT2D eigenvalue weighted by Crippen LogP contribution is -2.13. The Balaban J connectivity index is 3.28. The van der Waals surface area contributed by atoms with Crippen molar-refractivity contribution in [3.05, 3.63) is 17.3 Å². The van der Waals surface area contributed by atoms with Crippen molar-refractivity contribution >= 4 is 17.5 Å². The van der Waals surface area contributed by atoms with Crippen molar-refractivity contribution in [1.82, 2.24) is 4.98 Å². The first-order valence-corrected chi connectivity index (χ1v) is 4.48. The summed E-state index contributed by atoms with van der Waals surface area (Å²) in [6, 6.07) is 0. The van der Waals surface area contributed by atoms with E-state index in [0.29, 0.717) is 0 Å². The Morgan fingerprint density at radius 3 is 2.69 bits per heavy atom. The summed E-state index contributed by atoms with van der Waals surface area (Å²) in [5.74, 6) is -1.12. The average Bonchev–Trinajstić information content (AvgIpc) is 2.21. The fourth-order valence-electron chi connectivity index (χ4n) is 1.16. The summed E-state index contributed by atoms with van der Waals surface area (Å²) < 4.78 is 30.0. The van der Waals surface area contributed by atoms with Gasteiger partial charge in [0.25, 0.3) is 6.43 Å². The van der Waals surface area contributed by atoms with Crippen LogP contribution in [0.3, 0.4) is 0 Å². The number of nitrogens with two attached hydrogens (primary N) is 2. The summed E-state index contributed by atoms with van der Waals surface area (Å²) in [5.41, 5.74) is 9.24. The molecule has 0 aliphatic heterocycles. The zero-order valence-corrected chi connectivity index (χ0v) is 8.54. The highest BCUT2D eigenvalue weighted by atomic mass is 19.3. The van der Waals surface area contributed by atoms with Crippen molar-refractivity contribution in [2.24, 2.45) is 0 Å². The Kier molecular flexibility index (Phi) is 3.60. The van der Waals surface area contributed by atoms with Crippen LogP contribution in [0.15, 0.2) is 6.20 Å². The quantitative estimate of drug-likeness (QED) is 0.766. The molecule has 16 heavy (non-hydrogen) atoms. The summed E-state index contributed by atoms with van der Waals surface area (Å²) in [4.78, 5) is 14.9. The van der Waals surface area contributed by atoms with Gasteiger partial charge < -0.3 is 16.2 Å². The number of carbonyl (C=O) groups is 1. The number of alkyl halides is 2. The largest absolute Gasteiger partial charge is 0.462 e. The lowest BCUT2D eigenvalue weighted by Gasteiger charge is -2.11. The van der Waals surface area contributed by atoms with Gasteiger partial charge in [-0.25, -0.2) is 18.6 Å². The highest BCUT2D eigenvalue weighted by Gasteiger charge is 2.24. The molecule has 0 saturated carbocycles. The number of anilines is 2. The molecule has 5 nitrogen and oxygen atoms in total. The molecular weight excluding hydrogens is 220 g/mol. The van der Waals surface area contributed by atoms with E-state index in [4.69, 9.17) is 11.5 Å². The predicted octanol–water partition coefficient (Wildman–Crippen LogP) is 1.36. The molecule has 0 fully saturated rings. The summed E-state index contributed by atoms with van der Waals surface area (Å²) in [7, 11) is 0. The third-order valence-electron chi connectivity index (χ3n) is 1.90. The molecule has 0 bridgehead atoms. The van der Waals surface area contributed by atoms with Crippen molar-refractivity contribution in [2.75, 3.05) is 18.1 Å². The van der Waals surface area contributed by atoms with E-state index in [2.05, 4.69) is 9.72 Å². The van der Waals surface area contributed by atoms with Crippen molar-refractivity contribution in [3.63, 3.8) is 0 Å². The van der Waals surface area contributed by atoms with Crippen LogP contribution in [-0.2, 0) is 4.74 Å². The van der Waals surface area contributed by atoms with Gasteiger partial charge in [-0.15, -0.1) is 0 Å². The van der Waals surface area contributed by atoms with Gasteiger partial charge in [-0.3, -0.25) is 0 Å². The van der Waals surface area contributed by atoms with Crippen LogP contribution in [0.4, 0.5) is 20.3 Å². The molecule has 1 aromatic heterocycles. The predicted molar refractivity (Wildman–Crippen MR) is 54.0 cm³/mol. The number of esters is 1. The lowest BCUT2D eigenvalue weighted by atomic mass is 10.1.